The van der Waals surface area contributed by atoms with Gasteiger partial charge >= 0.3 is 0 Å². The largest absolute Gasteiger partial charge is 0.431 e. The molecule has 3 aromatic rings. The van der Waals surface area contributed by atoms with Crippen LogP contribution >= 0.6 is 11.8 Å². The van der Waals surface area contributed by atoms with Gasteiger partial charge in [-0.2, -0.15) is 0 Å². The van der Waals surface area contributed by atoms with Crippen LogP contribution in [0.25, 0.3) is 11.1 Å². The van der Waals surface area contributed by atoms with Crippen LogP contribution < -0.4 is 0 Å². The molecule has 10 heteroatoms. The number of aromatic amines is 1. The smallest absolute Gasteiger partial charge is 0.257 e. The summed E-state index contributed by atoms with van der Waals surface area (Å²) in [5.74, 6) is -0.269. The molecule has 0 amide bonds. The number of H-pyrrole nitrogens is 1. The lowest BCUT2D eigenvalue weighted by atomic mass is 10.0. The molecular formula is C20H23N3O5S2. The Morgan fingerprint density at radius 3 is 2.47 bits per heavy atom. The molecule has 0 aliphatic carbocycles. The van der Waals surface area contributed by atoms with Gasteiger partial charge in [-0.05, 0) is 51.5 Å². The van der Waals surface area contributed by atoms with Crippen molar-refractivity contribution in [3.63, 3.8) is 0 Å². The number of nitrogens with zero attached hydrogens (tertiary/aromatic N) is 2. The molecule has 1 aromatic carbocycles. The second-order valence-electron chi connectivity index (χ2n) is 7.20. The summed E-state index contributed by atoms with van der Waals surface area (Å²) in [4.78, 5) is 32.2. The predicted molar refractivity (Wildman–Crippen MR) is 115 cm³/mol. The Morgan fingerprint density at radius 1 is 1.23 bits per heavy atom. The quantitative estimate of drug-likeness (QED) is 0.433. The molecule has 0 saturated heterocycles. The zero-order valence-corrected chi connectivity index (χ0v) is 19.2. The van der Waals surface area contributed by atoms with Crippen molar-refractivity contribution < 1.29 is 22.4 Å². The fourth-order valence-corrected chi connectivity index (χ4v) is 4.98. The van der Waals surface area contributed by atoms with Crippen LogP contribution in [0.3, 0.4) is 0 Å². The summed E-state index contributed by atoms with van der Waals surface area (Å²) in [5, 5.41) is -0.266. The minimum absolute atomic E-state index is 0.0944. The summed E-state index contributed by atoms with van der Waals surface area (Å²) in [6.07, 6.45) is 0. The van der Waals surface area contributed by atoms with Gasteiger partial charge in [0, 0.05) is 25.4 Å². The van der Waals surface area contributed by atoms with E-state index in [4.69, 9.17) is 4.42 Å². The average molecular weight is 450 g/mol. The van der Waals surface area contributed by atoms with Crippen molar-refractivity contribution >= 4 is 44.5 Å². The molecule has 2 heterocycles. The molecule has 1 N–H and O–H groups in total. The number of rotatable bonds is 7. The van der Waals surface area contributed by atoms with Gasteiger partial charge in [-0.25, -0.2) is 17.7 Å². The highest BCUT2D eigenvalue weighted by molar-refractivity contribution is 8.00. The highest BCUT2D eigenvalue weighted by Crippen LogP contribution is 2.31. The van der Waals surface area contributed by atoms with Crippen LogP contribution in [0.4, 0.5) is 0 Å². The van der Waals surface area contributed by atoms with Crippen LogP contribution in [0.15, 0.2) is 32.7 Å². The van der Waals surface area contributed by atoms with Crippen molar-refractivity contribution in [3.05, 3.63) is 40.7 Å². The molecule has 0 spiro atoms. The molecular weight excluding hydrogens is 426 g/mol. The van der Waals surface area contributed by atoms with Crippen LogP contribution in [0.1, 0.15) is 46.0 Å². The number of Topliss-reactive ketones (excluding diaryl/α,β-unsaturated/α-hetero) is 2. The Kier molecular flexibility index (Phi) is 5.94. The highest BCUT2D eigenvalue weighted by atomic mass is 32.2. The number of carbonyl (C=O) groups is 2. The molecule has 1 atom stereocenters. The number of fused-ring (bicyclic) bond motifs is 1. The van der Waals surface area contributed by atoms with E-state index in [0.29, 0.717) is 33.6 Å². The van der Waals surface area contributed by atoms with Crippen molar-refractivity contribution in [2.75, 3.05) is 14.1 Å². The number of hydrogen-bond acceptors (Lipinski definition) is 7. The van der Waals surface area contributed by atoms with E-state index >= 15 is 0 Å². The maximum absolute atomic E-state index is 12.9. The normalized spacial score (nSPS) is 13.2. The lowest BCUT2D eigenvalue weighted by molar-refractivity contribution is 0.0988. The Balaban J connectivity index is 1.87. The average Bonchev–Trinajstić information content (AvgIpc) is 3.19. The first-order valence-corrected chi connectivity index (χ1v) is 11.5. The van der Waals surface area contributed by atoms with Gasteiger partial charge in [0.25, 0.3) is 5.22 Å². The Hall–Kier alpha value is -2.43. The molecule has 0 fully saturated rings. The number of aryl methyl sites for hydroxylation is 1. The number of sulfonamides is 1. The van der Waals surface area contributed by atoms with Gasteiger partial charge in [-0.1, -0.05) is 11.8 Å². The Bertz CT molecular complexity index is 1250. The number of oxazole rings is 1. The molecule has 1 unspecified atom stereocenters. The van der Waals surface area contributed by atoms with Crippen molar-refractivity contribution in [1.82, 2.24) is 14.3 Å². The van der Waals surface area contributed by atoms with E-state index in [1.807, 2.05) is 0 Å². The van der Waals surface area contributed by atoms with Crippen LogP contribution in [0, 0.1) is 13.8 Å². The number of thioether (sulfide) groups is 1. The van der Waals surface area contributed by atoms with Crippen LogP contribution in [-0.2, 0) is 10.0 Å². The third-order valence-electron chi connectivity index (χ3n) is 4.80. The van der Waals surface area contributed by atoms with E-state index in [0.717, 1.165) is 16.1 Å². The molecule has 0 saturated carbocycles. The number of nitrogens with one attached hydrogen (secondary N) is 1. The molecule has 0 aliphatic heterocycles. The zero-order chi connectivity index (χ0) is 22.4. The molecule has 3 rings (SSSR count). The summed E-state index contributed by atoms with van der Waals surface area (Å²) in [7, 11) is -0.672. The maximum atomic E-state index is 12.9. The minimum atomic E-state index is -3.59. The fourth-order valence-electron chi connectivity index (χ4n) is 3.24. The standard InChI is InChI=1S/C20H23N3O5S2/c1-10-17(12(3)24)11(2)21-18(10)19(25)13(4)29-20-22-15-9-14(7-8-16(15)28-20)30(26,27)23(5)6/h7-9,13,21H,1-6H3. The van der Waals surface area contributed by atoms with Gasteiger partial charge < -0.3 is 9.40 Å². The highest BCUT2D eigenvalue weighted by Gasteiger charge is 2.26. The van der Waals surface area contributed by atoms with Crippen LogP contribution in [0.2, 0.25) is 0 Å². The molecule has 30 heavy (non-hydrogen) atoms. The van der Waals surface area contributed by atoms with Crippen LogP contribution in [0.5, 0.6) is 0 Å². The topological polar surface area (TPSA) is 113 Å². The van der Waals surface area contributed by atoms with Gasteiger partial charge in [0.2, 0.25) is 10.0 Å². The molecule has 0 aliphatic rings. The van der Waals surface area contributed by atoms with E-state index < -0.39 is 15.3 Å². The molecule has 0 radical (unpaired) electrons. The summed E-state index contributed by atoms with van der Waals surface area (Å²) >= 11 is 1.13. The first kappa shape index (κ1) is 22.3. The Labute approximate surface area is 179 Å². The lowest BCUT2D eigenvalue weighted by Crippen LogP contribution is -2.22. The number of ketones is 2. The SMILES string of the molecule is CC(=O)c1c(C)[nH]c(C(=O)C(C)Sc2nc3cc(S(=O)(=O)N(C)C)ccc3o2)c1C. The first-order chi connectivity index (χ1) is 13.9. The second-order valence-corrected chi connectivity index (χ2v) is 10.6. The van der Waals surface area contributed by atoms with Crippen molar-refractivity contribution in [3.8, 4) is 0 Å². The van der Waals surface area contributed by atoms with Crippen molar-refractivity contribution in [1.29, 1.82) is 0 Å². The predicted octanol–water partition coefficient (Wildman–Crippen LogP) is 3.59. The molecule has 160 valence electrons. The van der Waals surface area contributed by atoms with E-state index in [-0.39, 0.29) is 21.7 Å². The second kappa shape index (κ2) is 8.01. The van der Waals surface area contributed by atoms with E-state index in [1.165, 1.54) is 33.2 Å². The number of hydrogen-bond donors (Lipinski definition) is 1. The maximum Gasteiger partial charge on any atom is 0.257 e. The monoisotopic (exact) mass is 449 g/mol. The summed E-state index contributed by atoms with van der Waals surface area (Å²) in [5.41, 5.74) is 3.05. The summed E-state index contributed by atoms with van der Waals surface area (Å²) in [6, 6.07) is 4.45. The summed E-state index contributed by atoms with van der Waals surface area (Å²) in [6.45, 7) is 6.71. The minimum Gasteiger partial charge on any atom is -0.431 e. The number of benzene rings is 1. The van der Waals surface area contributed by atoms with E-state index in [9.17, 15) is 18.0 Å². The third kappa shape index (κ3) is 3.94. The lowest BCUT2D eigenvalue weighted by Gasteiger charge is -2.10. The zero-order valence-electron chi connectivity index (χ0n) is 17.6. The van der Waals surface area contributed by atoms with E-state index in [2.05, 4.69) is 9.97 Å². The van der Waals surface area contributed by atoms with Gasteiger partial charge in [-0.3, -0.25) is 9.59 Å². The van der Waals surface area contributed by atoms with Gasteiger partial charge in [0.15, 0.2) is 17.1 Å². The van der Waals surface area contributed by atoms with Gasteiger partial charge in [0.05, 0.1) is 15.8 Å². The summed E-state index contributed by atoms with van der Waals surface area (Å²) < 4.78 is 31.4. The molecule has 8 nitrogen and oxygen atoms in total. The fraction of sp³-hybridized carbons (Fsp3) is 0.350. The molecule has 2 aromatic heterocycles. The van der Waals surface area contributed by atoms with Gasteiger partial charge in [0.1, 0.15) is 5.52 Å². The first-order valence-electron chi connectivity index (χ1n) is 9.17. The number of carbonyl (C=O) groups excluding carboxylic acids is 2. The van der Waals surface area contributed by atoms with Gasteiger partial charge in [-0.15, -0.1) is 0 Å². The van der Waals surface area contributed by atoms with Crippen molar-refractivity contribution in [2.24, 2.45) is 0 Å². The van der Waals surface area contributed by atoms with Crippen molar-refractivity contribution in [2.45, 2.75) is 43.1 Å². The number of aromatic nitrogens is 2. The van der Waals surface area contributed by atoms with Crippen LogP contribution in [-0.4, -0.2) is 53.6 Å². The van der Waals surface area contributed by atoms with E-state index in [1.54, 1.807) is 26.8 Å². The third-order valence-corrected chi connectivity index (χ3v) is 7.56. The molecule has 0 bridgehead atoms. The Morgan fingerprint density at radius 2 is 1.90 bits per heavy atom.